The lowest BCUT2D eigenvalue weighted by atomic mass is 9.98. The first-order valence-corrected chi connectivity index (χ1v) is 11.2. The summed E-state index contributed by atoms with van der Waals surface area (Å²) >= 11 is 0. The number of aromatic nitrogens is 3. The van der Waals surface area contributed by atoms with Gasteiger partial charge in [0, 0.05) is 37.8 Å². The highest BCUT2D eigenvalue weighted by molar-refractivity contribution is 7.90. The van der Waals surface area contributed by atoms with E-state index in [-0.39, 0.29) is 12.2 Å². The summed E-state index contributed by atoms with van der Waals surface area (Å²) in [6.45, 7) is 1.56. The first-order valence-electron chi connectivity index (χ1n) is 9.26. The SMILES string of the molecule is CS(=O)(=O)c1ccc(Nc2cc3c(N4CCC(C#N)CC4)ncnc3cn2)cc1.[HH]. The van der Waals surface area contributed by atoms with Crippen LogP contribution in [0.3, 0.4) is 0 Å². The zero-order valence-electron chi connectivity index (χ0n) is 15.9. The maximum Gasteiger partial charge on any atom is 0.175 e. The molecule has 0 spiro atoms. The quantitative estimate of drug-likeness (QED) is 0.698. The second kappa shape index (κ2) is 7.64. The summed E-state index contributed by atoms with van der Waals surface area (Å²) < 4.78 is 23.2. The van der Waals surface area contributed by atoms with Gasteiger partial charge in [-0.05, 0) is 43.2 Å². The van der Waals surface area contributed by atoms with Gasteiger partial charge in [0.15, 0.2) is 9.84 Å². The molecular weight excluding hydrogens is 388 g/mol. The minimum atomic E-state index is -3.23. The zero-order valence-corrected chi connectivity index (χ0v) is 16.7. The molecule has 0 radical (unpaired) electrons. The maximum atomic E-state index is 11.6. The zero-order chi connectivity index (χ0) is 20.4. The number of hydrogen-bond acceptors (Lipinski definition) is 8. The van der Waals surface area contributed by atoms with Gasteiger partial charge in [0.2, 0.25) is 0 Å². The van der Waals surface area contributed by atoms with Crippen LogP contribution in [0.15, 0.2) is 47.8 Å². The third kappa shape index (κ3) is 4.12. The maximum absolute atomic E-state index is 11.6. The van der Waals surface area contributed by atoms with Crippen molar-refractivity contribution in [3.8, 4) is 6.07 Å². The lowest BCUT2D eigenvalue weighted by Gasteiger charge is -2.30. The Kier molecular flexibility index (Phi) is 5.03. The fourth-order valence-electron chi connectivity index (χ4n) is 3.42. The minimum absolute atomic E-state index is 0. The van der Waals surface area contributed by atoms with Crippen molar-refractivity contribution in [3.63, 3.8) is 0 Å². The average molecular weight is 411 g/mol. The van der Waals surface area contributed by atoms with Crippen LogP contribution in [0.5, 0.6) is 0 Å². The molecule has 3 heterocycles. The standard InChI is InChI=1S/C20H20N6O2S.H2/c1-29(27,28)16-4-2-15(3-5-16)25-19-10-17-18(12-22-19)23-13-24-20(17)26-8-6-14(11-21)7-9-26;/h2-5,10,12-14H,6-9H2,1H3,(H,22,25);1H. The van der Waals surface area contributed by atoms with Crippen molar-refractivity contribution in [2.24, 2.45) is 5.92 Å². The average Bonchev–Trinajstić information content (AvgIpc) is 2.73. The highest BCUT2D eigenvalue weighted by Gasteiger charge is 2.21. The highest BCUT2D eigenvalue weighted by Crippen LogP contribution is 2.29. The van der Waals surface area contributed by atoms with Crippen LogP contribution in [0.25, 0.3) is 10.9 Å². The molecule has 2 aromatic heterocycles. The Balaban J connectivity index is 0.00000256. The molecule has 1 aliphatic rings. The van der Waals surface area contributed by atoms with E-state index in [4.69, 9.17) is 5.26 Å². The van der Waals surface area contributed by atoms with E-state index < -0.39 is 9.84 Å². The lowest BCUT2D eigenvalue weighted by molar-refractivity contribution is 0.486. The second-order valence-corrected chi connectivity index (χ2v) is 9.11. The van der Waals surface area contributed by atoms with E-state index in [1.54, 1.807) is 30.5 Å². The van der Waals surface area contributed by atoms with Crippen LogP contribution in [-0.2, 0) is 9.84 Å². The number of sulfone groups is 1. The van der Waals surface area contributed by atoms with Gasteiger partial charge in [0.25, 0.3) is 0 Å². The molecule has 9 heteroatoms. The molecule has 0 saturated carbocycles. The molecule has 1 aliphatic heterocycles. The molecule has 1 saturated heterocycles. The molecule has 0 atom stereocenters. The Morgan fingerprint density at radius 3 is 2.55 bits per heavy atom. The predicted molar refractivity (Wildman–Crippen MR) is 113 cm³/mol. The molecule has 0 unspecified atom stereocenters. The van der Waals surface area contributed by atoms with E-state index in [9.17, 15) is 8.42 Å². The van der Waals surface area contributed by atoms with E-state index >= 15 is 0 Å². The summed E-state index contributed by atoms with van der Waals surface area (Å²) in [5.74, 6) is 1.56. The highest BCUT2D eigenvalue weighted by atomic mass is 32.2. The number of piperidine rings is 1. The molecule has 3 aromatic rings. The van der Waals surface area contributed by atoms with Crippen molar-refractivity contribution < 1.29 is 9.84 Å². The van der Waals surface area contributed by atoms with Gasteiger partial charge in [-0.25, -0.2) is 23.4 Å². The minimum Gasteiger partial charge on any atom is -0.356 e. The van der Waals surface area contributed by atoms with Gasteiger partial charge in [-0.3, -0.25) is 0 Å². The summed E-state index contributed by atoms with van der Waals surface area (Å²) in [5, 5.41) is 13.2. The molecule has 0 aliphatic carbocycles. The summed E-state index contributed by atoms with van der Waals surface area (Å²) in [6, 6.07) is 10.8. The Bertz CT molecular complexity index is 1190. The molecule has 29 heavy (non-hydrogen) atoms. The fraction of sp³-hybridized carbons (Fsp3) is 0.300. The first-order chi connectivity index (χ1) is 13.9. The third-order valence-electron chi connectivity index (χ3n) is 5.03. The largest absolute Gasteiger partial charge is 0.356 e. The van der Waals surface area contributed by atoms with E-state index in [0.29, 0.717) is 5.82 Å². The van der Waals surface area contributed by atoms with Gasteiger partial charge in [-0.1, -0.05) is 0 Å². The van der Waals surface area contributed by atoms with E-state index in [1.165, 1.54) is 12.6 Å². The summed E-state index contributed by atoms with van der Waals surface area (Å²) in [7, 11) is -3.23. The van der Waals surface area contributed by atoms with Gasteiger partial charge in [-0.15, -0.1) is 0 Å². The molecule has 0 bridgehead atoms. The molecule has 4 rings (SSSR count). The number of pyridine rings is 1. The number of nitrogens with zero attached hydrogens (tertiary/aromatic N) is 5. The number of fused-ring (bicyclic) bond motifs is 1. The molecule has 1 fully saturated rings. The summed E-state index contributed by atoms with van der Waals surface area (Å²) in [6.07, 6.45) is 6.06. The van der Waals surface area contributed by atoms with Crippen LogP contribution in [0.1, 0.15) is 14.3 Å². The van der Waals surface area contributed by atoms with Crippen LogP contribution < -0.4 is 10.2 Å². The summed E-state index contributed by atoms with van der Waals surface area (Å²) in [4.78, 5) is 15.6. The molecule has 0 amide bonds. The van der Waals surface area contributed by atoms with E-state index in [2.05, 4.69) is 31.2 Å². The van der Waals surface area contributed by atoms with Gasteiger partial charge < -0.3 is 10.2 Å². The van der Waals surface area contributed by atoms with Crippen molar-refractivity contribution in [1.82, 2.24) is 15.0 Å². The van der Waals surface area contributed by atoms with Crippen LogP contribution in [-0.4, -0.2) is 42.7 Å². The van der Waals surface area contributed by atoms with Crippen LogP contribution in [0.2, 0.25) is 0 Å². The third-order valence-corrected chi connectivity index (χ3v) is 6.16. The van der Waals surface area contributed by atoms with Crippen LogP contribution in [0, 0.1) is 17.2 Å². The molecule has 150 valence electrons. The number of hydrogen-bond donors (Lipinski definition) is 1. The first kappa shape index (κ1) is 19.1. The summed E-state index contributed by atoms with van der Waals surface area (Å²) in [5.41, 5.74) is 1.48. The molecule has 8 nitrogen and oxygen atoms in total. The van der Waals surface area contributed by atoms with Gasteiger partial charge in [0.05, 0.1) is 22.7 Å². The molecular formula is C20H22N6O2S. The Hall–Kier alpha value is -3.25. The van der Waals surface area contributed by atoms with Gasteiger partial charge in [-0.2, -0.15) is 5.26 Å². The van der Waals surface area contributed by atoms with Crippen molar-refractivity contribution in [2.45, 2.75) is 17.7 Å². The van der Waals surface area contributed by atoms with E-state index in [0.717, 1.165) is 48.3 Å². The van der Waals surface area contributed by atoms with Crippen molar-refractivity contribution in [2.75, 3.05) is 29.6 Å². The number of nitrogens with one attached hydrogen (secondary N) is 1. The van der Waals surface area contributed by atoms with Crippen molar-refractivity contribution in [1.29, 1.82) is 5.26 Å². The number of benzene rings is 1. The Morgan fingerprint density at radius 1 is 1.17 bits per heavy atom. The topological polar surface area (TPSA) is 112 Å². The monoisotopic (exact) mass is 410 g/mol. The number of nitriles is 1. The molecule has 1 N–H and O–H groups in total. The second-order valence-electron chi connectivity index (χ2n) is 7.10. The Morgan fingerprint density at radius 2 is 1.90 bits per heavy atom. The number of rotatable bonds is 4. The smallest absolute Gasteiger partial charge is 0.175 e. The van der Waals surface area contributed by atoms with Gasteiger partial charge >= 0.3 is 0 Å². The molecule has 1 aromatic carbocycles. The van der Waals surface area contributed by atoms with Gasteiger partial charge in [0.1, 0.15) is 18.0 Å². The normalized spacial score (nSPS) is 15.2. The van der Waals surface area contributed by atoms with Crippen molar-refractivity contribution in [3.05, 3.63) is 42.9 Å². The fourth-order valence-corrected chi connectivity index (χ4v) is 4.05. The lowest BCUT2D eigenvalue weighted by Crippen LogP contribution is -2.34. The van der Waals surface area contributed by atoms with E-state index in [1.807, 2.05) is 6.07 Å². The van der Waals surface area contributed by atoms with Crippen LogP contribution in [0.4, 0.5) is 17.3 Å². The van der Waals surface area contributed by atoms with Crippen LogP contribution >= 0.6 is 0 Å². The predicted octanol–water partition coefficient (Wildman–Crippen LogP) is 3.16. The van der Waals surface area contributed by atoms with Crippen molar-refractivity contribution >= 4 is 38.1 Å². The number of anilines is 3. The Labute approximate surface area is 170 Å².